The molecule has 130 valence electrons. The van der Waals surface area contributed by atoms with Crippen LogP contribution in [0.15, 0.2) is 29.2 Å². The first-order valence-electron chi connectivity index (χ1n) is 8.35. The molecule has 1 aromatic carbocycles. The number of carbonyl (C=O) groups is 2. The predicted octanol–water partition coefficient (Wildman–Crippen LogP) is 2.15. The number of nitrogens with zero attached hydrogens (tertiary/aromatic N) is 2. The van der Waals surface area contributed by atoms with Gasteiger partial charge in [-0.3, -0.25) is 14.5 Å². The first kappa shape index (κ1) is 17.1. The molecule has 2 heterocycles. The lowest BCUT2D eigenvalue weighted by Crippen LogP contribution is -2.40. The highest BCUT2D eigenvalue weighted by molar-refractivity contribution is 7.89. The van der Waals surface area contributed by atoms with Crippen molar-refractivity contribution >= 4 is 27.5 Å². The molecule has 0 atom stereocenters. The number of rotatable bonds is 3. The maximum atomic E-state index is 12.7. The Morgan fingerprint density at radius 1 is 0.958 bits per heavy atom. The largest absolute Gasteiger partial charge is 0.274 e. The van der Waals surface area contributed by atoms with Crippen molar-refractivity contribution in [3.63, 3.8) is 0 Å². The Morgan fingerprint density at radius 2 is 1.50 bits per heavy atom. The highest BCUT2D eigenvalue weighted by atomic mass is 32.2. The van der Waals surface area contributed by atoms with Crippen LogP contribution in [-0.4, -0.2) is 37.6 Å². The number of amides is 2. The monoisotopic (exact) mass is 350 g/mol. The predicted molar refractivity (Wildman–Crippen MR) is 89.9 cm³/mol. The molecular formula is C17H22N2O4S. The van der Waals surface area contributed by atoms with Crippen LogP contribution >= 0.6 is 0 Å². The number of benzene rings is 1. The van der Waals surface area contributed by atoms with Gasteiger partial charge in [0.1, 0.15) is 0 Å². The molecule has 3 rings (SSSR count). The van der Waals surface area contributed by atoms with Crippen LogP contribution in [0.4, 0.5) is 5.69 Å². The highest BCUT2D eigenvalue weighted by Gasteiger charge is 2.30. The van der Waals surface area contributed by atoms with Crippen LogP contribution in [0.25, 0.3) is 0 Å². The lowest BCUT2D eigenvalue weighted by atomic mass is 10.0. The third-order valence-electron chi connectivity index (χ3n) is 4.76. The number of anilines is 1. The third kappa shape index (κ3) is 3.23. The van der Waals surface area contributed by atoms with Crippen LogP contribution in [0.3, 0.4) is 0 Å². The van der Waals surface area contributed by atoms with Crippen molar-refractivity contribution in [1.29, 1.82) is 0 Å². The number of piperidine rings is 2. The van der Waals surface area contributed by atoms with Crippen molar-refractivity contribution in [1.82, 2.24) is 4.31 Å². The molecule has 1 aromatic rings. The van der Waals surface area contributed by atoms with E-state index in [4.69, 9.17) is 0 Å². The van der Waals surface area contributed by atoms with Crippen molar-refractivity contribution in [3.8, 4) is 0 Å². The molecule has 6 nitrogen and oxygen atoms in total. The molecule has 0 saturated carbocycles. The normalized spacial score (nSPS) is 21.3. The minimum Gasteiger partial charge on any atom is -0.274 e. The molecule has 2 saturated heterocycles. The molecule has 0 aromatic heterocycles. The second kappa shape index (κ2) is 6.64. The van der Waals surface area contributed by atoms with Crippen molar-refractivity contribution in [2.24, 2.45) is 5.92 Å². The van der Waals surface area contributed by atoms with Gasteiger partial charge in [0.25, 0.3) is 0 Å². The molecule has 2 aliphatic rings. The standard InChI is InChI=1S/C17H22N2O4S/c1-13-9-11-18(12-10-13)24(22,23)15-7-5-14(6-8-15)19-16(20)3-2-4-17(19)21/h5-8,13H,2-4,9-12H2,1H3. The summed E-state index contributed by atoms with van der Waals surface area (Å²) < 4.78 is 26.9. The van der Waals surface area contributed by atoms with E-state index in [1.165, 1.54) is 16.4 Å². The van der Waals surface area contributed by atoms with Gasteiger partial charge < -0.3 is 0 Å². The molecule has 0 unspecified atom stereocenters. The smallest absolute Gasteiger partial charge is 0.243 e. The summed E-state index contributed by atoms with van der Waals surface area (Å²) in [4.78, 5) is 25.2. The lowest BCUT2D eigenvalue weighted by molar-refractivity contribution is -0.129. The van der Waals surface area contributed by atoms with Crippen molar-refractivity contribution in [2.75, 3.05) is 18.0 Å². The first-order chi connectivity index (χ1) is 11.4. The van der Waals surface area contributed by atoms with Gasteiger partial charge in [-0.05, 0) is 49.4 Å². The molecule has 0 radical (unpaired) electrons. The fourth-order valence-electron chi connectivity index (χ4n) is 3.18. The first-order valence-corrected chi connectivity index (χ1v) is 9.79. The Kier molecular flexibility index (Phi) is 4.73. The summed E-state index contributed by atoms with van der Waals surface area (Å²) in [5, 5.41) is 0. The summed E-state index contributed by atoms with van der Waals surface area (Å²) in [7, 11) is -3.52. The average Bonchev–Trinajstić information content (AvgIpc) is 2.55. The SMILES string of the molecule is CC1CCN(S(=O)(=O)c2ccc(N3C(=O)CCCC3=O)cc2)CC1. The Labute approximate surface area is 142 Å². The summed E-state index contributed by atoms with van der Waals surface area (Å²) in [6.45, 7) is 3.20. The van der Waals surface area contributed by atoms with Gasteiger partial charge in [0, 0.05) is 25.9 Å². The van der Waals surface area contributed by atoms with Gasteiger partial charge in [-0.15, -0.1) is 0 Å². The molecule has 24 heavy (non-hydrogen) atoms. The van der Waals surface area contributed by atoms with E-state index in [0.717, 1.165) is 17.7 Å². The quantitative estimate of drug-likeness (QED) is 0.783. The van der Waals surface area contributed by atoms with Crippen LogP contribution < -0.4 is 4.90 Å². The summed E-state index contributed by atoms with van der Waals surface area (Å²) in [5.41, 5.74) is 0.441. The van der Waals surface area contributed by atoms with E-state index in [0.29, 0.717) is 44.0 Å². The topological polar surface area (TPSA) is 74.8 Å². The van der Waals surface area contributed by atoms with Gasteiger partial charge >= 0.3 is 0 Å². The van der Waals surface area contributed by atoms with Gasteiger partial charge in [-0.2, -0.15) is 4.31 Å². The van der Waals surface area contributed by atoms with E-state index in [2.05, 4.69) is 6.92 Å². The van der Waals surface area contributed by atoms with Crippen LogP contribution in [0.1, 0.15) is 39.0 Å². The molecule has 2 aliphatic heterocycles. The minimum absolute atomic E-state index is 0.206. The van der Waals surface area contributed by atoms with Gasteiger partial charge in [-0.25, -0.2) is 8.42 Å². The average molecular weight is 350 g/mol. The van der Waals surface area contributed by atoms with E-state index in [9.17, 15) is 18.0 Å². The van der Waals surface area contributed by atoms with Crippen LogP contribution in [0, 0.1) is 5.92 Å². The van der Waals surface area contributed by atoms with Crippen LogP contribution in [-0.2, 0) is 19.6 Å². The van der Waals surface area contributed by atoms with Gasteiger partial charge in [0.15, 0.2) is 0 Å². The zero-order valence-electron chi connectivity index (χ0n) is 13.8. The molecular weight excluding hydrogens is 328 g/mol. The van der Waals surface area contributed by atoms with E-state index >= 15 is 0 Å². The number of hydrogen-bond donors (Lipinski definition) is 0. The van der Waals surface area contributed by atoms with E-state index in [1.54, 1.807) is 12.1 Å². The summed E-state index contributed by atoms with van der Waals surface area (Å²) >= 11 is 0. The van der Waals surface area contributed by atoms with Gasteiger partial charge in [0.05, 0.1) is 10.6 Å². The number of carbonyl (C=O) groups excluding carboxylic acids is 2. The molecule has 0 spiro atoms. The van der Waals surface area contributed by atoms with Crippen molar-refractivity contribution < 1.29 is 18.0 Å². The van der Waals surface area contributed by atoms with E-state index < -0.39 is 10.0 Å². The van der Waals surface area contributed by atoms with Gasteiger partial charge in [0.2, 0.25) is 21.8 Å². The number of imide groups is 1. The van der Waals surface area contributed by atoms with E-state index in [-0.39, 0.29) is 16.7 Å². The summed E-state index contributed by atoms with van der Waals surface area (Å²) in [6.07, 6.45) is 3.01. The maximum absolute atomic E-state index is 12.7. The second-order valence-corrected chi connectivity index (χ2v) is 8.49. The van der Waals surface area contributed by atoms with Crippen molar-refractivity contribution in [2.45, 2.75) is 43.9 Å². The van der Waals surface area contributed by atoms with Gasteiger partial charge in [-0.1, -0.05) is 6.92 Å². The molecule has 0 N–H and O–H groups in total. The highest BCUT2D eigenvalue weighted by Crippen LogP contribution is 2.27. The molecule has 2 amide bonds. The summed E-state index contributed by atoms with van der Waals surface area (Å²) in [5.74, 6) is 0.0914. The molecule has 2 fully saturated rings. The Bertz CT molecular complexity index is 718. The molecule has 0 bridgehead atoms. The minimum atomic E-state index is -3.52. The molecule has 7 heteroatoms. The third-order valence-corrected chi connectivity index (χ3v) is 6.67. The lowest BCUT2D eigenvalue weighted by Gasteiger charge is -2.29. The zero-order valence-corrected chi connectivity index (χ0v) is 14.6. The Balaban J connectivity index is 1.81. The molecule has 0 aliphatic carbocycles. The van der Waals surface area contributed by atoms with E-state index in [1.807, 2.05) is 0 Å². The Morgan fingerprint density at radius 3 is 2.04 bits per heavy atom. The fraction of sp³-hybridized carbons (Fsp3) is 0.529. The van der Waals surface area contributed by atoms with Crippen LogP contribution in [0.5, 0.6) is 0 Å². The second-order valence-electron chi connectivity index (χ2n) is 6.56. The summed E-state index contributed by atoms with van der Waals surface area (Å²) in [6, 6.07) is 6.05. The number of hydrogen-bond acceptors (Lipinski definition) is 4. The van der Waals surface area contributed by atoms with Crippen molar-refractivity contribution in [3.05, 3.63) is 24.3 Å². The maximum Gasteiger partial charge on any atom is 0.243 e. The van der Waals surface area contributed by atoms with Crippen LogP contribution in [0.2, 0.25) is 0 Å². The zero-order chi connectivity index (χ0) is 17.3. The Hall–Kier alpha value is -1.73. The number of sulfonamides is 1. The fourth-order valence-corrected chi connectivity index (χ4v) is 4.65.